The third-order valence-electron chi connectivity index (χ3n) is 8.21. The maximum Gasteiger partial charge on any atom is 0.326 e. The number of fused-ring (bicyclic) bond motifs is 1. The highest BCUT2D eigenvalue weighted by molar-refractivity contribution is 6.32. The minimum absolute atomic E-state index is 0.131. The minimum atomic E-state index is -1.15. The molecule has 2 aromatic rings. The molecule has 1 aliphatic carbocycles. The van der Waals surface area contributed by atoms with E-state index in [2.05, 4.69) is 28.8 Å². The Morgan fingerprint density at radius 2 is 2.10 bits per heavy atom. The van der Waals surface area contributed by atoms with Crippen molar-refractivity contribution in [3.05, 3.63) is 57.7 Å². The number of carbonyl (C=O) groups is 2. The zero-order valence-electron chi connectivity index (χ0n) is 24.0. The zero-order valence-corrected chi connectivity index (χ0v) is 24.8. The summed E-state index contributed by atoms with van der Waals surface area (Å²) < 4.78 is 18.8. The molecule has 1 amide bonds. The standard InChI is InChI=1S/C31H39ClFN5O4/c1-42-24(18-33)20-38(16-3-2-8-23-11-10-21-7-5-15-35-28(21)36-23)17-12-26(29(39)40)37-30(41)31(13-14-31)27-22(19-34)6-4-9-25(27)32/h4,6,9-11,24,26H,2-3,5,7-8,12-18,20H2,1H3,(H,35,36)(H,37,41)(H,39,40). The molecule has 1 fully saturated rings. The Morgan fingerprint density at radius 1 is 1.29 bits per heavy atom. The minimum Gasteiger partial charge on any atom is -0.480 e. The average molecular weight is 600 g/mol. The number of carboxylic acid groups (broad SMARTS) is 1. The molecular formula is C31H39ClFN5O4. The zero-order chi connectivity index (χ0) is 30.1. The summed E-state index contributed by atoms with van der Waals surface area (Å²) in [5.74, 6) is -0.629. The van der Waals surface area contributed by atoms with Gasteiger partial charge >= 0.3 is 5.97 Å². The topological polar surface area (TPSA) is 128 Å². The van der Waals surface area contributed by atoms with E-state index in [0.29, 0.717) is 48.6 Å². The molecule has 0 radical (unpaired) electrons. The van der Waals surface area contributed by atoms with Gasteiger partial charge in [-0.25, -0.2) is 14.2 Å². The second-order valence-corrected chi connectivity index (χ2v) is 11.5. The van der Waals surface area contributed by atoms with Crippen molar-refractivity contribution in [2.24, 2.45) is 0 Å². The first-order valence-corrected chi connectivity index (χ1v) is 15.0. The molecule has 9 nitrogen and oxygen atoms in total. The van der Waals surface area contributed by atoms with Crippen LogP contribution in [0.15, 0.2) is 30.3 Å². The molecule has 2 unspecified atom stereocenters. The number of hydrogen-bond donors (Lipinski definition) is 3. The second-order valence-electron chi connectivity index (χ2n) is 11.1. The molecule has 226 valence electrons. The number of carbonyl (C=O) groups excluding carboxylic acids is 1. The molecule has 1 saturated carbocycles. The van der Waals surface area contributed by atoms with Crippen molar-refractivity contribution in [2.45, 2.75) is 68.9 Å². The summed E-state index contributed by atoms with van der Waals surface area (Å²) in [6, 6.07) is 10.0. The highest BCUT2D eigenvalue weighted by atomic mass is 35.5. The Morgan fingerprint density at radius 3 is 2.79 bits per heavy atom. The third-order valence-corrected chi connectivity index (χ3v) is 8.53. The lowest BCUT2D eigenvalue weighted by Crippen LogP contribution is -2.48. The Kier molecular flexibility index (Phi) is 11.1. The van der Waals surface area contributed by atoms with Gasteiger partial charge in [0.15, 0.2) is 0 Å². The van der Waals surface area contributed by atoms with Crippen molar-refractivity contribution >= 4 is 29.3 Å². The van der Waals surface area contributed by atoms with Crippen LogP contribution in [0.2, 0.25) is 5.02 Å². The van der Waals surface area contributed by atoms with Crippen molar-refractivity contribution in [3.63, 3.8) is 0 Å². The second kappa shape index (κ2) is 14.8. The van der Waals surface area contributed by atoms with Gasteiger partial charge in [0.25, 0.3) is 0 Å². The number of nitriles is 1. The largest absolute Gasteiger partial charge is 0.480 e. The van der Waals surface area contributed by atoms with Gasteiger partial charge in [0.05, 0.1) is 23.2 Å². The van der Waals surface area contributed by atoms with Crippen LogP contribution in [0, 0.1) is 11.3 Å². The predicted octanol–water partition coefficient (Wildman–Crippen LogP) is 4.27. The number of hydrogen-bond acceptors (Lipinski definition) is 7. The number of carboxylic acids is 1. The van der Waals surface area contributed by atoms with Gasteiger partial charge in [-0.15, -0.1) is 0 Å². The van der Waals surface area contributed by atoms with Crippen LogP contribution in [-0.2, 0) is 32.6 Å². The number of rotatable bonds is 16. The number of aliphatic carboxylic acids is 1. The SMILES string of the molecule is COC(CF)CN(CCCCc1ccc2c(n1)NCCC2)CCC(NC(=O)C1(c2c(Cl)cccc2C#N)CC1)C(=O)O. The molecule has 1 aromatic heterocycles. The number of pyridine rings is 1. The molecule has 1 aromatic carbocycles. The van der Waals surface area contributed by atoms with E-state index in [1.165, 1.54) is 12.7 Å². The lowest BCUT2D eigenvalue weighted by molar-refractivity contribution is -0.142. The van der Waals surface area contributed by atoms with Crippen molar-refractivity contribution in [2.75, 3.05) is 45.3 Å². The summed E-state index contributed by atoms with van der Waals surface area (Å²) in [5, 5.41) is 25.9. The van der Waals surface area contributed by atoms with Crippen LogP contribution in [0.5, 0.6) is 0 Å². The molecular weight excluding hydrogens is 561 g/mol. The molecule has 0 spiro atoms. The van der Waals surface area contributed by atoms with E-state index in [1.807, 2.05) is 4.90 Å². The van der Waals surface area contributed by atoms with E-state index in [4.69, 9.17) is 21.3 Å². The molecule has 4 rings (SSSR count). The fourth-order valence-electron chi connectivity index (χ4n) is 5.60. The molecule has 0 saturated heterocycles. The molecule has 3 N–H and O–H groups in total. The fourth-order valence-corrected chi connectivity index (χ4v) is 5.96. The van der Waals surface area contributed by atoms with Crippen LogP contribution in [0.1, 0.15) is 60.9 Å². The van der Waals surface area contributed by atoms with E-state index in [1.54, 1.807) is 18.2 Å². The van der Waals surface area contributed by atoms with Crippen molar-refractivity contribution < 1.29 is 23.8 Å². The van der Waals surface area contributed by atoms with Gasteiger partial charge in [-0.3, -0.25) is 4.79 Å². The number of ether oxygens (including phenoxy) is 1. The Bertz CT molecular complexity index is 1290. The van der Waals surface area contributed by atoms with Crippen LogP contribution >= 0.6 is 11.6 Å². The smallest absolute Gasteiger partial charge is 0.326 e. The quantitative estimate of drug-likeness (QED) is 0.244. The number of anilines is 1. The van der Waals surface area contributed by atoms with Gasteiger partial charge in [0, 0.05) is 43.0 Å². The number of alkyl halides is 1. The first-order valence-electron chi connectivity index (χ1n) is 14.6. The number of methoxy groups -OCH3 is 1. The third kappa shape index (κ3) is 7.77. The first kappa shape index (κ1) is 31.7. The van der Waals surface area contributed by atoms with E-state index >= 15 is 0 Å². The molecule has 2 aliphatic rings. The van der Waals surface area contributed by atoms with Crippen LogP contribution in [-0.4, -0.2) is 79.0 Å². The number of aryl methyl sites for hydroxylation is 2. The fraction of sp³-hybridized carbons (Fsp3) is 0.548. The Balaban J connectivity index is 1.35. The first-order chi connectivity index (χ1) is 20.3. The number of amides is 1. The van der Waals surface area contributed by atoms with E-state index < -0.39 is 36.1 Å². The van der Waals surface area contributed by atoms with Crippen LogP contribution in [0.4, 0.5) is 10.2 Å². The number of benzene rings is 1. The summed E-state index contributed by atoms with van der Waals surface area (Å²) in [6.07, 6.45) is 5.11. The molecule has 0 bridgehead atoms. The van der Waals surface area contributed by atoms with Gasteiger partial charge in [-0.2, -0.15) is 5.26 Å². The Labute approximate surface area is 251 Å². The summed E-state index contributed by atoms with van der Waals surface area (Å²) in [5.41, 5.74) is 2.03. The summed E-state index contributed by atoms with van der Waals surface area (Å²) >= 11 is 6.38. The number of nitrogens with zero attached hydrogens (tertiary/aromatic N) is 3. The van der Waals surface area contributed by atoms with Gasteiger partial charge in [0.1, 0.15) is 18.5 Å². The van der Waals surface area contributed by atoms with Crippen molar-refractivity contribution in [3.8, 4) is 6.07 Å². The van der Waals surface area contributed by atoms with Gasteiger partial charge in [0.2, 0.25) is 5.91 Å². The van der Waals surface area contributed by atoms with Gasteiger partial charge in [-0.05, 0) is 81.7 Å². The van der Waals surface area contributed by atoms with Crippen LogP contribution < -0.4 is 10.6 Å². The number of nitrogens with one attached hydrogen (secondary N) is 2. The maximum atomic E-state index is 13.5. The summed E-state index contributed by atoms with van der Waals surface area (Å²) in [4.78, 5) is 32.3. The molecule has 2 heterocycles. The van der Waals surface area contributed by atoms with Crippen molar-refractivity contribution in [1.82, 2.24) is 15.2 Å². The number of unbranched alkanes of at least 4 members (excludes halogenated alkanes) is 1. The Hall–Kier alpha value is -3.26. The molecule has 11 heteroatoms. The van der Waals surface area contributed by atoms with Gasteiger partial charge in [-0.1, -0.05) is 23.7 Å². The molecule has 1 aliphatic heterocycles. The highest BCUT2D eigenvalue weighted by Gasteiger charge is 2.54. The van der Waals surface area contributed by atoms with Crippen molar-refractivity contribution in [1.29, 1.82) is 5.26 Å². The normalized spacial score (nSPS) is 16.5. The van der Waals surface area contributed by atoms with E-state index in [-0.39, 0.29) is 6.42 Å². The van der Waals surface area contributed by atoms with Crippen LogP contribution in [0.25, 0.3) is 0 Å². The summed E-state index contributed by atoms with van der Waals surface area (Å²) in [6.45, 7) is 1.55. The monoisotopic (exact) mass is 599 g/mol. The van der Waals surface area contributed by atoms with E-state index in [9.17, 15) is 24.3 Å². The summed E-state index contributed by atoms with van der Waals surface area (Å²) in [7, 11) is 1.46. The molecule has 42 heavy (non-hydrogen) atoms. The number of aromatic nitrogens is 1. The maximum absolute atomic E-state index is 13.5. The average Bonchev–Trinajstić information content (AvgIpc) is 3.80. The number of halogens is 2. The van der Waals surface area contributed by atoms with E-state index in [0.717, 1.165) is 50.2 Å². The lowest BCUT2D eigenvalue weighted by Gasteiger charge is -2.28. The highest BCUT2D eigenvalue weighted by Crippen LogP contribution is 2.52. The predicted molar refractivity (Wildman–Crippen MR) is 158 cm³/mol. The van der Waals surface area contributed by atoms with Gasteiger partial charge < -0.3 is 25.4 Å². The molecule has 2 atom stereocenters. The van der Waals surface area contributed by atoms with Crippen LogP contribution in [0.3, 0.4) is 0 Å². The lowest BCUT2D eigenvalue weighted by atomic mass is 9.90.